The molecule has 1 fully saturated rings. The Morgan fingerprint density at radius 2 is 2.30 bits per heavy atom. The number of hydrogen-bond acceptors (Lipinski definition) is 4. The van der Waals surface area contributed by atoms with Crippen molar-refractivity contribution in [1.29, 1.82) is 0 Å². The number of amides is 1. The van der Waals surface area contributed by atoms with E-state index in [4.69, 9.17) is 4.52 Å². The summed E-state index contributed by atoms with van der Waals surface area (Å²) in [6.45, 7) is 3.98. The average molecular weight is 290 g/mol. The van der Waals surface area contributed by atoms with Gasteiger partial charge >= 0.3 is 0 Å². The van der Waals surface area contributed by atoms with Crippen LogP contribution in [0, 0.1) is 5.92 Å². The second-order valence-electron chi connectivity index (χ2n) is 5.40. The molecule has 0 atom stereocenters. The van der Waals surface area contributed by atoms with Crippen molar-refractivity contribution in [1.82, 2.24) is 10.1 Å². The van der Waals surface area contributed by atoms with Crippen LogP contribution < -0.4 is 0 Å². The van der Waals surface area contributed by atoms with Crippen molar-refractivity contribution in [3.8, 4) is 10.6 Å². The molecule has 2 aromatic rings. The molecule has 0 bridgehead atoms. The van der Waals surface area contributed by atoms with E-state index in [0.717, 1.165) is 48.2 Å². The first-order valence-electron chi connectivity index (χ1n) is 6.99. The van der Waals surface area contributed by atoms with Gasteiger partial charge in [0, 0.05) is 19.2 Å². The zero-order chi connectivity index (χ0) is 13.9. The van der Waals surface area contributed by atoms with Gasteiger partial charge < -0.3 is 9.42 Å². The Kier molecular flexibility index (Phi) is 3.87. The van der Waals surface area contributed by atoms with Gasteiger partial charge in [0.05, 0.1) is 17.0 Å². The summed E-state index contributed by atoms with van der Waals surface area (Å²) in [6, 6.07) is 5.83. The van der Waals surface area contributed by atoms with Crippen molar-refractivity contribution in [2.24, 2.45) is 5.92 Å². The summed E-state index contributed by atoms with van der Waals surface area (Å²) in [4.78, 5) is 15.2. The number of rotatable bonds is 3. The van der Waals surface area contributed by atoms with Gasteiger partial charge in [0.1, 0.15) is 0 Å². The van der Waals surface area contributed by atoms with Gasteiger partial charge in [-0.2, -0.15) is 0 Å². The number of carbonyl (C=O) groups excluding carboxylic acids is 1. The predicted octanol–water partition coefficient (Wildman–Crippen LogP) is 3.20. The van der Waals surface area contributed by atoms with Crippen LogP contribution in [0.5, 0.6) is 0 Å². The number of piperidine rings is 1. The number of nitrogens with zero attached hydrogens (tertiary/aromatic N) is 2. The van der Waals surface area contributed by atoms with Crippen LogP contribution in [0.1, 0.15) is 25.5 Å². The summed E-state index contributed by atoms with van der Waals surface area (Å²) in [7, 11) is 0. The largest absolute Gasteiger partial charge is 0.355 e. The van der Waals surface area contributed by atoms with E-state index in [-0.39, 0.29) is 5.91 Å². The minimum atomic E-state index is 0.155. The van der Waals surface area contributed by atoms with Crippen LogP contribution in [0.3, 0.4) is 0 Å². The zero-order valence-corrected chi connectivity index (χ0v) is 12.4. The van der Waals surface area contributed by atoms with Gasteiger partial charge in [-0.3, -0.25) is 4.79 Å². The molecule has 1 aliphatic heterocycles. The van der Waals surface area contributed by atoms with Crippen molar-refractivity contribution >= 4 is 17.2 Å². The standard InChI is InChI=1S/C15H18N2O2S/c1-11-4-6-17(7-5-11)15(18)10-12-9-13(19-16-12)14-3-2-8-20-14/h2-3,8-9,11H,4-7,10H2,1H3. The predicted molar refractivity (Wildman–Crippen MR) is 78.5 cm³/mol. The van der Waals surface area contributed by atoms with Gasteiger partial charge in [0.15, 0.2) is 5.76 Å². The highest BCUT2D eigenvalue weighted by Crippen LogP contribution is 2.25. The zero-order valence-electron chi connectivity index (χ0n) is 11.5. The molecule has 0 aliphatic carbocycles. The normalized spacial score (nSPS) is 16.6. The maximum Gasteiger partial charge on any atom is 0.228 e. The third kappa shape index (κ3) is 2.93. The third-order valence-corrected chi connectivity index (χ3v) is 4.68. The molecule has 1 saturated heterocycles. The molecule has 2 aromatic heterocycles. The van der Waals surface area contributed by atoms with Gasteiger partial charge in [-0.05, 0) is 30.2 Å². The van der Waals surface area contributed by atoms with E-state index in [1.54, 1.807) is 11.3 Å². The lowest BCUT2D eigenvalue weighted by Gasteiger charge is -2.30. The SMILES string of the molecule is CC1CCN(C(=O)Cc2cc(-c3cccs3)on2)CC1. The Morgan fingerprint density at radius 1 is 1.50 bits per heavy atom. The highest BCUT2D eigenvalue weighted by Gasteiger charge is 2.21. The van der Waals surface area contributed by atoms with Crippen LogP contribution in [0.2, 0.25) is 0 Å². The lowest BCUT2D eigenvalue weighted by atomic mass is 9.99. The summed E-state index contributed by atoms with van der Waals surface area (Å²) < 4.78 is 5.30. The number of hydrogen-bond donors (Lipinski definition) is 0. The molecule has 0 N–H and O–H groups in total. The maximum atomic E-state index is 12.2. The van der Waals surface area contributed by atoms with E-state index in [0.29, 0.717) is 6.42 Å². The molecule has 1 amide bonds. The van der Waals surface area contributed by atoms with Crippen molar-refractivity contribution in [3.63, 3.8) is 0 Å². The number of thiophene rings is 1. The number of aromatic nitrogens is 1. The van der Waals surface area contributed by atoms with Crippen molar-refractivity contribution in [3.05, 3.63) is 29.3 Å². The van der Waals surface area contributed by atoms with Gasteiger partial charge in [0.25, 0.3) is 0 Å². The molecule has 1 aliphatic rings. The molecule has 0 aromatic carbocycles. The third-order valence-electron chi connectivity index (χ3n) is 3.79. The van der Waals surface area contributed by atoms with Crippen molar-refractivity contribution < 1.29 is 9.32 Å². The first-order chi connectivity index (χ1) is 9.72. The van der Waals surface area contributed by atoms with E-state index < -0.39 is 0 Å². The first-order valence-corrected chi connectivity index (χ1v) is 7.87. The molecule has 3 rings (SSSR count). The molecule has 0 unspecified atom stereocenters. The van der Waals surface area contributed by atoms with Crippen LogP contribution in [0.4, 0.5) is 0 Å². The summed E-state index contributed by atoms with van der Waals surface area (Å²) in [5.74, 6) is 1.63. The molecule has 4 nitrogen and oxygen atoms in total. The Morgan fingerprint density at radius 3 is 3.00 bits per heavy atom. The van der Waals surface area contributed by atoms with Crippen LogP contribution in [-0.4, -0.2) is 29.1 Å². The molecule has 3 heterocycles. The van der Waals surface area contributed by atoms with Crippen LogP contribution in [0.15, 0.2) is 28.1 Å². The minimum Gasteiger partial charge on any atom is -0.355 e. The van der Waals surface area contributed by atoms with Crippen molar-refractivity contribution in [2.45, 2.75) is 26.2 Å². The molecular weight excluding hydrogens is 272 g/mol. The van der Waals surface area contributed by atoms with Gasteiger partial charge in [-0.1, -0.05) is 18.1 Å². The second kappa shape index (κ2) is 5.79. The fourth-order valence-corrected chi connectivity index (χ4v) is 3.13. The van der Waals surface area contributed by atoms with E-state index in [1.807, 2.05) is 28.5 Å². The fraction of sp³-hybridized carbons (Fsp3) is 0.467. The molecule has 20 heavy (non-hydrogen) atoms. The molecule has 5 heteroatoms. The quantitative estimate of drug-likeness (QED) is 0.872. The van der Waals surface area contributed by atoms with E-state index in [9.17, 15) is 4.79 Å². The van der Waals surface area contributed by atoms with Crippen LogP contribution >= 0.6 is 11.3 Å². The second-order valence-corrected chi connectivity index (χ2v) is 6.35. The van der Waals surface area contributed by atoms with Gasteiger partial charge in [-0.25, -0.2) is 0 Å². The minimum absolute atomic E-state index is 0.155. The number of likely N-dealkylation sites (tertiary alicyclic amines) is 1. The highest BCUT2D eigenvalue weighted by molar-refractivity contribution is 7.13. The molecule has 0 spiro atoms. The number of carbonyl (C=O) groups is 1. The first kappa shape index (κ1) is 13.4. The topological polar surface area (TPSA) is 46.3 Å². The van der Waals surface area contributed by atoms with Gasteiger partial charge in [0.2, 0.25) is 5.91 Å². The van der Waals surface area contributed by atoms with Crippen LogP contribution in [0.25, 0.3) is 10.6 Å². The van der Waals surface area contributed by atoms with Crippen LogP contribution in [-0.2, 0) is 11.2 Å². The van der Waals surface area contributed by atoms with Gasteiger partial charge in [-0.15, -0.1) is 11.3 Å². The highest BCUT2D eigenvalue weighted by atomic mass is 32.1. The van der Waals surface area contributed by atoms with E-state index in [1.165, 1.54) is 0 Å². The van der Waals surface area contributed by atoms with Crippen molar-refractivity contribution in [2.75, 3.05) is 13.1 Å². The smallest absolute Gasteiger partial charge is 0.228 e. The average Bonchev–Trinajstić information content (AvgIpc) is 3.09. The maximum absolute atomic E-state index is 12.2. The monoisotopic (exact) mass is 290 g/mol. The summed E-state index contributed by atoms with van der Waals surface area (Å²) in [6.07, 6.45) is 2.54. The Labute approximate surface area is 122 Å². The summed E-state index contributed by atoms with van der Waals surface area (Å²) >= 11 is 1.61. The van der Waals surface area contributed by atoms with E-state index in [2.05, 4.69) is 12.1 Å². The Hall–Kier alpha value is -1.62. The molecule has 0 radical (unpaired) electrons. The summed E-state index contributed by atoms with van der Waals surface area (Å²) in [5, 5.41) is 6.00. The lowest BCUT2D eigenvalue weighted by Crippen LogP contribution is -2.38. The fourth-order valence-electron chi connectivity index (χ4n) is 2.45. The Bertz CT molecular complexity index is 568. The lowest BCUT2D eigenvalue weighted by molar-refractivity contribution is -0.131. The molecule has 106 valence electrons. The Balaban J connectivity index is 1.62. The molecule has 0 saturated carbocycles. The molecular formula is C15H18N2O2S. The summed E-state index contributed by atoms with van der Waals surface area (Å²) in [5.41, 5.74) is 0.719. The van der Waals surface area contributed by atoms with E-state index >= 15 is 0 Å².